The van der Waals surface area contributed by atoms with Crippen LogP contribution in [0.1, 0.15) is 20.4 Å². The normalized spacial score (nSPS) is 13.9. The second kappa shape index (κ2) is 4.62. The van der Waals surface area contributed by atoms with Gasteiger partial charge in [0, 0.05) is 6.20 Å². The first-order chi connectivity index (χ1) is 9.16. The molecule has 0 atom stereocenters. The largest absolute Gasteiger partial charge is 0.474 e. The molecule has 0 saturated carbocycles. The topological polar surface area (TPSA) is 55.3 Å². The number of hydrogen-bond acceptors (Lipinski definition) is 5. The quantitative estimate of drug-likeness (QED) is 0.800. The standard InChI is InChI=1S/C13H13N3O2S/c1-8-11(19-9(2)15-8)13(17)16-6-7-18-12-10(16)4-3-5-14-12/h3-5H,6-7H2,1-2H3. The highest BCUT2D eigenvalue weighted by Crippen LogP contribution is 2.31. The minimum atomic E-state index is -0.0272. The van der Waals surface area contributed by atoms with Crippen LogP contribution in [0.2, 0.25) is 0 Å². The molecule has 1 aliphatic heterocycles. The zero-order valence-corrected chi connectivity index (χ0v) is 11.5. The van der Waals surface area contributed by atoms with Crippen molar-refractivity contribution in [2.75, 3.05) is 18.1 Å². The van der Waals surface area contributed by atoms with Gasteiger partial charge in [-0.1, -0.05) is 0 Å². The fourth-order valence-electron chi connectivity index (χ4n) is 2.12. The predicted molar refractivity (Wildman–Crippen MR) is 73.0 cm³/mol. The molecule has 0 radical (unpaired) electrons. The van der Waals surface area contributed by atoms with Crippen LogP contribution in [0.5, 0.6) is 5.88 Å². The van der Waals surface area contributed by atoms with Gasteiger partial charge in [0.25, 0.3) is 5.91 Å². The number of amides is 1. The molecular formula is C13H13N3O2S. The van der Waals surface area contributed by atoms with Crippen molar-refractivity contribution in [3.63, 3.8) is 0 Å². The number of hydrogen-bond donors (Lipinski definition) is 0. The SMILES string of the molecule is Cc1nc(C)c(C(=O)N2CCOc3ncccc32)s1. The van der Waals surface area contributed by atoms with Crippen LogP contribution < -0.4 is 9.64 Å². The molecule has 3 heterocycles. The molecule has 0 N–H and O–H groups in total. The summed E-state index contributed by atoms with van der Waals surface area (Å²) in [5.74, 6) is 0.488. The molecule has 0 saturated heterocycles. The average Bonchev–Trinajstić information content (AvgIpc) is 2.76. The summed E-state index contributed by atoms with van der Waals surface area (Å²) >= 11 is 1.43. The number of fused-ring (bicyclic) bond motifs is 1. The smallest absolute Gasteiger partial charge is 0.270 e. The molecule has 6 heteroatoms. The van der Waals surface area contributed by atoms with E-state index >= 15 is 0 Å². The Labute approximate surface area is 114 Å². The van der Waals surface area contributed by atoms with Crippen LogP contribution in [-0.2, 0) is 0 Å². The van der Waals surface area contributed by atoms with E-state index in [0.717, 1.165) is 16.4 Å². The maximum atomic E-state index is 12.6. The lowest BCUT2D eigenvalue weighted by atomic mass is 10.2. The van der Waals surface area contributed by atoms with Gasteiger partial charge in [0.1, 0.15) is 17.2 Å². The molecule has 0 fully saturated rings. The van der Waals surface area contributed by atoms with Crippen molar-refractivity contribution in [3.05, 3.63) is 33.9 Å². The molecular weight excluding hydrogens is 262 g/mol. The number of aryl methyl sites for hydroxylation is 2. The van der Waals surface area contributed by atoms with Crippen molar-refractivity contribution >= 4 is 22.9 Å². The number of rotatable bonds is 1. The number of thiazole rings is 1. The zero-order valence-electron chi connectivity index (χ0n) is 10.7. The Morgan fingerprint density at radius 2 is 2.32 bits per heavy atom. The Morgan fingerprint density at radius 3 is 3.05 bits per heavy atom. The Hall–Kier alpha value is -1.95. The van der Waals surface area contributed by atoms with Gasteiger partial charge < -0.3 is 4.74 Å². The number of anilines is 1. The third-order valence-electron chi connectivity index (χ3n) is 2.94. The van der Waals surface area contributed by atoms with E-state index in [0.29, 0.717) is 23.9 Å². The van der Waals surface area contributed by atoms with Gasteiger partial charge in [0.05, 0.1) is 17.2 Å². The Balaban J connectivity index is 2.00. The van der Waals surface area contributed by atoms with Gasteiger partial charge >= 0.3 is 0 Å². The van der Waals surface area contributed by atoms with Gasteiger partial charge in [-0.15, -0.1) is 11.3 Å². The van der Waals surface area contributed by atoms with E-state index in [2.05, 4.69) is 9.97 Å². The fourth-order valence-corrected chi connectivity index (χ4v) is 2.99. The van der Waals surface area contributed by atoms with Gasteiger partial charge in [-0.25, -0.2) is 9.97 Å². The summed E-state index contributed by atoms with van der Waals surface area (Å²) in [6.07, 6.45) is 1.66. The van der Waals surface area contributed by atoms with Crippen molar-refractivity contribution < 1.29 is 9.53 Å². The molecule has 0 unspecified atom stereocenters. The molecule has 3 rings (SSSR count). The number of carbonyl (C=O) groups is 1. The molecule has 0 aliphatic carbocycles. The van der Waals surface area contributed by atoms with Crippen molar-refractivity contribution in [1.29, 1.82) is 0 Å². The number of carbonyl (C=O) groups excluding carboxylic acids is 1. The summed E-state index contributed by atoms with van der Waals surface area (Å²) in [5.41, 5.74) is 1.51. The fraction of sp³-hybridized carbons (Fsp3) is 0.308. The lowest BCUT2D eigenvalue weighted by Crippen LogP contribution is -2.38. The van der Waals surface area contributed by atoms with E-state index in [9.17, 15) is 4.79 Å². The summed E-state index contributed by atoms with van der Waals surface area (Å²) in [4.78, 5) is 23.5. The molecule has 1 amide bonds. The van der Waals surface area contributed by atoms with E-state index in [4.69, 9.17) is 4.74 Å². The van der Waals surface area contributed by atoms with E-state index < -0.39 is 0 Å². The predicted octanol–water partition coefficient (Wildman–Crippen LogP) is 2.19. The highest BCUT2D eigenvalue weighted by molar-refractivity contribution is 7.13. The van der Waals surface area contributed by atoms with Gasteiger partial charge in [-0.2, -0.15) is 0 Å². The average molecular weight is 275 g/mol. The van der Waals surface area contributed by atoms with E-state index in [1.54, 1.807) is 17.2 Å². The van der Waals surface area contributed by atoms with Crippen LogP contribution >= 0.6 is 11.3 Å². The summed E-state index contributed by atoms with van der Waals surface area (Å²) < 4.78 is 5.46. The second-order valence-electron chi connectivity index (χ2n) is 4.28. The molecule has 0 spiro atoms. The van der Waals surface area contributed by atoms with Crippen molar-refractivity contribution in [2.45, 2.75) is 13.8 Å². The van der Waals surface area contributed by atoms with Crippen LogP contribution in [0.3, 0.4) is 0 Å². The monoisotopic (exact) mass is 275 g/mol. The maximum Gasteiger partial charge on any atom is 0.270 e. The van der Waals surface area contributed by atoms with E-state index in [-0.39, 0.29) is 5.91 Å². The molecule has 0 bridgehead atoms. The maximum absolute atomic E-state index is 12.6. The first kappa shape index (κ1) is 12.1. The summed E-state index contributed by atoms with van der Waals surface area (Å²) in [5, 5.41) is 0.903. The minimum Gasteiger partial charge on any atom is -0.474 e. The first-order valence-corrected chi connectivity index (χ1v) is 6.82. The van der Waals surface area contributed by atoms with E-state index in [1.165, 1.54) is 11.3 Å². The van der Waals surface area contributed by atoms with Gasteiger partial charge in [0.15, 0.2) is 0 Å². The number of nitrogens with zero attached hydrogens (tertiary/aromatic N) is 3. The first-order valence-electron chi connectivity index (χ1n) is 6.00. The van der Waals surface area contributed by atoms with Crippen molar-refractivity contribution in [3.8, 4) is 5.88 Å². The molecule has 2 aromatic rings. The third kappa shape index (κ3) is 2.08. The number of pyridine rings is 1. The Morgan fingerprint density at radius 1 is 1.47 bits per heavy atom. The second-order valence-corrected chi connectivity index (χ2v) is 5.48. The molecule has 98 valence electrons. The van der Waals surface area contributed by atoms with Crippen molar-refractivity contribution in [2.24, 2.45) is 0 Å². The summed E-state index contributed by atoms with van der Waals surface area (Å²) in [6.45, 7) is 4.77. The summed E-state index contributed by atoms with van der Waals surface area (Å²) in [7, 11) is 0. The van der Waals surface area contributed by atoms with Crippen LogP contribution in [0.4, 0.5) is 5.69 Å². The van der Waals surface area contributed by atoms with Crippen LogP contribution in [0, 0.1) is 13.8 Å². The lowest BCUT2D eigenvalue weighted by Gasteiger charge is -2.28. The van der Waals surface area contributed by atoms with E-state index in [1.807, 2.05) is 19.9 Å². The molecule has 0 aromatic carbocycles. The Bertz CT molecular complexity index is 639. The molecule has 19 heavy (non-hydrogen) atoms. The highest BCUT2D eigenvalue weighted by atomic mass is 32.1. The molecule has 5 nitrogen and oxygen atoms in total. The molecule has 1 aliphatic rings. The van der Waals surface area contributed by atoms with Gasteiger partial charge in [-0.05, 0) is 26.0 Å². The van der Waals surface area contributed by atoms with Crippen LogP contribution in [0.25, 0.3) is 0 Å². The highest BCUT2D eigenvalue weighted by Gasteiger charge is 2.27. The third-order valence-corrected chi connectivity index (χ3v) is 4.00. The Kier molecular flexibility index (Phi) is 2.94. The van der Waals surface area contributed by atoms with Crippen molar-refractivity contribution in [1.82, 2.24) is 9.97 Å². The van der Waals surface area contributed by atoms with Crippen LogP contribution in [0.15, 0.2) is 18.3 Å². The van der Waals surface area contributed by atoms with Gasteiger partial charge in [0.2, 0.25) is 5.88 Å². The zero-order chi connectivity index (χ0) is 13.4. The summed E-state index contributed by atoms with van der Waals surface area (Å²) in [6, 6.07) is 3.65. The number of aromatic nitrogens is 2. The molecule has 2 aromatic heterocycles. The van der Waals surface area contributed by atoms with Crippen LogP contribution in [-0.4, -0.2) is 29.0 Å². The lowest BCUT2D eigenvalue weighted by molar-refractivity contribution is 0.0979. The minimum absolute atomic E-state index is 0.0272. The van der Waals surface area contributed by atoms with Gasteiger partial charge in [-0.3, -0.25) is 9.69 Å². The number of ether oxygens (including phenoxy) is 1.